The molecule has 11 heteroatoms. The number of nitrogens with zero attached hydrogens (tertiary/aromatic N) is 4. The van der Waals surface area contributed by atoms with Crippen LogP contribution in [0.3, 0.4) is 0 Å². The third-order valence-electron chi connectivity index (χ3n) is 7.92. The Morgan fingerprint density at radius 1 is 0.915 bits per heavy atom. The second kappa shape index (κ2) is 15.0. The van der Waals surface area contributed by atoms with Gasteiger partial charge in [0.1, 0.15) is 5.75 Å². The van der Waals surface area contributed by atoms with E-state index in [1.54, 1.807) is 37.6 Å². The lowest BCUT2D eigenvalue weighted by molar-refractivity contribution is 0.0357. The number of carbonyl (C=O) groups excluding carboxylic acids is 1. The van der Waals surface area contributed by atoms with Crippen LogP contribution in [0.5, 0.6) is 23.0 Å². The van der Waals surface area contributed by atoms with E-state index >= 15 is 4.39 Å². The topological polar surface area (TPSA) is 105 Å². The summed E-state index contributed by atoms with van der Waals surface area (Å²) in [7, 11) is 1.56. The Balaban J connectivity index is 1.13. The summed E-state index contributed by atoms with van der Waals surface area (Å²) in [5.74, 6) is 0.258. The predicted molar refractivity (Wildman–Crippen MR) is 174 cm³/mol. The monoisotopic (exact) mass is 638 g/mol. The number of Topliss-reactive ketones (excluding diaryl/α,β-unsaturated/α-hetero) is 1. The first-order valence-corrected chi connectivity index (χ1v) is 15.5. The van der Waals surface area contributed by atoms with Gasteiger partial charge in [-0.05, 0) is 41.8 Å². The third kappa shape index (κ3) is 7.82. The first-order chi connectivity index (χ1) is 23.0. The largest absolute Gasteiger partial charge is 0.493 e. The predicted octanol–water partition coefficient (Wildman–Crippen LogP) is 5.31. The lowest BCUT2D eigenvalue weighted by Gasteiger charge is -2.26. The highest BCUT2D eigenvalue weighted by molar-refractivity contribution is 5.95. The van der Waals surface area contributed by atoms with Crippen LogP contribution < -0.4 is 19.8 Å². The maximum absolute atomic E-state index is 15.3. The van der Waals surface area contributed by atoms with Gasteiger partial charge in [0.25, 0.3) is 5.56 Å². The van der Waals surface area contributed by atoms with Gasteiger partial charge in [-0.25, -0.2) is 9.37 Å². The van der Waals surface area contributed by atoms with Gasteiger partial charge < -0.3 is 23.5 Å². The molecule has 0 N–H and O–H groups in total. The fourth-order valence-electron chi connectivity index (χ4n) is 5.45. The van der Waals surface area contributed by atoms with Crippen molar-refractivity contribution >= 4 is 16.7 Å². The van der Waals surface area contributed by atoms with Gasteiger partial charge in [-0.3, -0.25) is 19.5 Å². The highest BCUT2D eigenvalue weighted by Crippen LogP contribution is 2.37. The molecular formula is C36H35FN4O6. The Bertz CT molecular complexity index is 1910. The van der Waals surface area contributed by atoms with E-state index in [0.29, 0.717) is 46.9 Å². The Labute approximate surface area is 271 Å². The number of halogens is 1. The number of ether oxygens (including phenoxy) is 4. The number of ketones is 1. The van der Waals surface area contributed by atoms with Crippen molar-refractivity contribution in [3.05, 3.63) is 118 Å². The Morgan fingerprint density at radius 3 is 2.53 bits per heavy atom. The second-order valence-electron chi connectivity index (χ2n) is 11.1. The zero-order valence-electron chi connectivity index (χ0n) is 26.1. The van der Waals surface area contributed by atoms with E-state index in [9.17, 15) is 9.59 Å². The Hall–Kier alpha value is -5.13. The lowest BCUT2D eigenvalue weighted by Crippen LogP contribution is -2.37. The van der Waals surface area contributed by atoms with Gasteiger partial charge >= 0.3 is 0 Å². The fraction of sp³-hybridized carbons (Fsp3) is 0.278. The Morgan fingerprint density at radius 2 is 1.74 bits per heavy atom. The van der Waals surface area contributed by atoms with Crippen molar-refractivity contribution in [2.24, 2.45) is 0 Å². The van der Waals surface area contributed by atoms with Gasteiger partial charge in [-0.15, -0.1) is 0 Å². The smallest absolute Gasteiger partial charge is 0.280 e. The van der Waals surface area contributed by atoms with Gasteiger partial charge in [0.2, 0.25) is 0 Å². The molecule has 0 unspecified atom stereocenters. The molecule has 1 saturated heterocycles. The highest BCUT2D eigenvalue weighted by atomic mass is 19.1. The summed E-state index contributed by atoms with van der Waals surface area (Å²) in [4.78, 5) is 36.9. The molecule has 0 saturated carbocycles. The van der Waals surface area contributed by atoms with Crippen molar-refractivity contribution in [3.63, 3.8) is 0 Å². The van der Waals surface area contributed by atoms with Crippen molar-refractivity contribution in [1.82, 2.24) is 19.4 Å². The highest BCUT2D eigenvalue weighted by Gasteiger charge is 2.18. The normalized spacial score (nSPS) is 13.4. The zero-order valence-corrected chi connectivity index (χ0v) is 26.1. The van der Waals surface area contributed by atoms with Crippen LogP contribution in [0.1, 0.15) is 28.0 Å². The van der Waals surface area contributed by atoms with Crippen molar-refractivity contribution in [3.8, 4) is 23.0 Å². The molecule has 0 spiro atoms. The van der Waals surface area contributed by atoms with E-state index in [2.05, 4.69) is 14.9 Å². The summed E-state index contributed by atoms with van der Waals surface area (Å²) in [6.07, 6.45) is 5.20. The van der Waals surface area contributed by atoms with E-state index in [1.807, 2.05) is 30.3 Å². The van der Waals surface area contributed by atoms with Crippen LogP contribution in [0.4, 0.5) is 4.39 Å². The summed E-state index contributed by atoms with van der Waals surface area (Å²) in [5, 5.41) is 0.616. The fourth-order valence-corrected chi connectivity index (χ4v) is 5.45. The van der Waals surface area contributed by atoms with Crippen LogP contribution in [0.15, 0.2) is 90.1 Å². The first-order valence-electron chi connectivity index (χ1n) is 15.5. The minimum atomic E-state index is -0.657. The average Bonchev–Trinajstić information content (AvgIpc) is 3.09. The number of fused-ring (bicyclic) bond motifs is 1. The number of hydrogen-bond donors (Lipinski definition) is 0. The SMILES string of the molecule is COc1cc2c(Oc3ccc(CC(=O)c4nccn(Cc5ccccc5)c4=O)cc3F)ccnc2cc1OCCCN1CCOCC1. The van der Waals surface area contributed by atoms with E-state index in [-0.39, 0.29) is 17.9 Å². The van der Waals surface area contributed by atoms with Gasteiger partial charge in [0.15, 0.2) is 34.5 Å². The standard InChI is InChI=1S/C36H35FN4O6/c1-44-33-22-27-29(23-34(33)46-17-5-13-40-15-18-45-19-16-40)38-11-10-31(27)47-32-9-8-26(20-28(32)37)21-30(42)35-36(43)41(14-12-39-35)24-25-6-3-2-4-7-25/h2-4,6-12,14,20,22-23H,5,13,15-19,21,24H2,1H3. The molecule has 1 aliphatic rings. The van der Waals surface area contributed by atoms with E-state index in [1.165, 1.54) is 29.1 Å². The average molecular weight is 639 g/mol. The molecule has 1 aliphatic heterocycles. The van der Waals surface area contributed by atoms with Crippen molar-refractivity contribution in [1.29, 1.82) is 0 Å². The van der Waals surface area contributed by atoms with Crippen molar-refractivity contribution in [2.45, 2.75) is 19.4 Å². The van der Waals surface area contributed by atoms with E-state index < -0.39 is 17.2 Å². The van der Waals surface area contributed by atoms with Gasteiger partial charge in [0.05, 0.1) is 39.0 Å². The summed E-state index contributed by atoms with van der Waals surface area (Å²) in [6, 6.07) is 18.9. The number of carbonyl (C=O) groups is 1. The van der Waals surface area contributed by atoms with Crippen LogP contribution >= 0.6 is 0 Å². The summed E-state index contributed by atoms with van der Waals surface area (Å²) in [6.45, 7) is 5.11. The zero-order chi connectivity index (χ0) is 32.6. The number of hydrogen-bond acceptors (Lipinski definition) is 9. The number of aromatic nitrogens is 3. The van der Waals surface area contributed by atoms with Crippen LogP contribution in [-0.4, -0.2) is 71.8 Å². The van der Waals surface area contributed by atoms with Crippen molar-refractivity contribution < 1.29 is 28.1 Å². The molecule has 3 aromatic carbocycles. The quantitative estimate of drug-likeness (QED) is 0.125. The minimum Gasteiger partial charge on any atom is -0.493 e. The number of benzene rings is 3. The minimum absolute atomic E-state index is 0.0286. The van der Waals surface area contributed by atoms with Gasteiger partial charge in [0, 0.05) is 56.1 Å². The third-order valence-corrected chi connectivity index (χ3v) is 7.92. The molecule has 242 valence electrons. The molecule has 3 heterocycles. The molecule has 5 aromatic rings. The molecule has 2 aromatic heterocycles. The summed E-state index contributed by atoms with van der Waals surface area (Å²) < 4.78 is 39.8. The number of methoxy groups -OCH3 is 1. The van der Waals surface area contributed by atoms with Crippen LogP contribution in [0, 0.1) is 5.82 Å². The number of morpholine rings is 1. The first kappa shape index (κ1) is 31.8. The lowest BCUT2D eigenvalue weighted by atomic mass is 10.1. The summed E-state index contributed by atoms with van der Waals surface area (Å²) >= 11 is 0. The van der Waals surface area contributed by atoms with Crippen LogP contribution in [0.25, 0.3) is 10.9 Å². The number of pyridine rings is 1. The van der Waals surface area contributed by atoms with Crippen molar-refractivity contribution in [2.75, 3.05) is 46.6 Å². The molecule has 6 rings (SSSR count). The van der Waals surface area contributed by atoms with Gasteiger partial charge in [-0.1, -0.05) is 36.4 Å². The summed E-state index contributed by atoms with van der Waals surface area (Å²) in [5.41, 5.74) is 1.21. The molecule has 0 aliphatic carbocycles. The molecule has 0 bridgehead atoms. The van der Waals surface area contributed by atoms with E-state index in [0.717, 1.165) is 44.8 Å². The maximum Gasteiger partial charge on any atom is 0.280 e. The molecule has 10 nitrogen and oxygen atoms in total. The Kier molecular flexibility index (Phi) is 10.1. The van der Waals surface area contributed by atoms with E-state index in [4.69, 9.17) is 18.9 Å². The number of rotatable bonds is 13. The molecule has 0 atom stereocenters. The molecule has 1 fully saturated rings. The molecular weight excluding hydrogens is 603 g/mol. The molecule has 47 heavy (non-hydrogen) atoms. The second-order valence-corrected chi connectivity index (χ2v) is 11.1. The molecule has 0 radical (unpaired) electrons. The van der Waals surface area contributed by atoms with Crippen LogP contribution in [-0.2, 0) is 17.7 Å². The van der Waals surface area contributed by atoms with Crippen LogP contribution in [0.2, 0.25) is 0 Å². The maximum atomic E-state index is 15.3. The van der Waals surface area contributed by atoms with Gasteiger partial charge in [-0.2, -0.15) is 0 Å². The molecule has 0 amide bonds.